The number of hydrogen-bond acceptors (Lipinski definition) is 2. The van der Waals surface area contributed by atoms with Gasteiger partial charge in [0.05, 0.1) is 0 Å². The van der Waals surface area contributed by atoms with Crippen molar-refractivity contribution in [3.63, 3.8) is 0 Å². The van der Waals surface area contributed by atoms with Gasteiger partial charge < -0.3 is 0 Å². The summed E-state index contributed by atoms with van der Waals surface area (Å²) < 4.78 is 0. The van der Waals surface area contributed by atoms with Crippen molar-refractivity contribution in [1.29, 1.82) is 0 Å². The molecule has 1 aromatic rings. The fourth-order valence-corrected chi connectivity index (χ4v) is 2.49. The van der Waals surface area contributed by atoms with Gasteiger partial charge in [0.1, 0.15) is 0 Å². The predicted molar refractivity (Wildman–Crippen MR) is 53.4 cm³/mol. The number of nitrogens with zero attached hydrogens (tertiary/aromatic N) is 1. The second-order valence-electron chi connectivity index (χ2n) is 3.42. The van der Waals surface area contributed by atoms with E-state index in [0.717, 1.165) is 0 Å². The van der Waals surface area contributed by atoms with Crippen molar-refractivity contribution in [2.75, 3.05) is 13.1 Å². The third-order valence-corrected chi connectivity index (χ3v) is 3.27. The number of thiophene rings is 1. The van der Waals surface area contributed by atoms with Gasteiger partial charge in [-0.05, 0) is 37.4 Å². The molecule has 1 nitrogen and oxygen atoms in total. The van der Waals surface area contributed by atoms with E-state index >= 15 is 0 Å². The summed E-state index contributed by atoms with van der Waals surface area (Å²) >= 11 is 1.87. The zero-order valence-corrected chi connectivity index (χ0v) is 8.15. The molecule has 1 fully saturated rings. The van der Waals surface area contributed by atoms with Gasteiger partial charge in [-0.3, -0.25) is 4.90 Å². The Kier molecular flexibility index (Phi) is 2.79. The fourth-order valence-electron chi connectivity index (χ4n) is 1.74. The molecule has 2 rings (SSSR count). The van der Waals surface area contributed by atoms with E-state index in [1.54, 1.807) is 0 Å². The lowest BCUT2D eigenvalue weighted by Crippen LogP contribution is -2.28. The summed E-state index contributed by atoms with van der Waals surface area (Å²) in [5.41, 5.74) is 0. The molecule has 2 heteroatoms. The van der Waals surface area contributed by atoms with E-state index in [2.05, 4.69) is 22.4 Å². The predicted octanol–water partition coefficient (Wildman–Crippen LogP) is 2.73. The average molecular weight is 181 g/mol. The summed E-state index contributed by atoms with van der Waals surface area (Å²) in [5.74, 6) is 0. The zero-order chi connectivity index (χ0) is 8.23. The molecule has 0 aromatic carbocycles. The lowest BCUT2D eigenvalue weighted by molar-refractivity contribution is 0.222. The summed E-state index contributed by atoms with van der Waals surface area (Å²) in [7, 11) is 0. The highest BCUT2D eigenvalue weighted by Crippen LogP contribution is 2.15. The highest BCUT2D eigenvalue weighted by molar-refractivity contribution is 7.09. The molecule has 0 amide bonds. The van der Waals surface area contributed by atoms with E-state index in [1.165, 1.54) is 43.8 Å². The molecule has 0 atom stereocenters. The summed E-state index contributed by atoms with van der Waals surface area (Å²) in [5, 5.41) is 2.17. The Balaban J connectivity index is 1.86. The van der Waals surface area contributed by atoms with Crippen LogP contribution in [0.5, 0.6) is 0 Å². The Morgan fingerprint density at radius 2 is 2.08 bits per heavy atom. The molecular weight excluding hydrogens is 166 g/mol. The Morgan fingerprint density at radius 1 is 1.25 bits per heavy atom. The van der Waals surface area contributed by atoms with E-state index in [0.29, 0.717) is 0 Å². The molecule has 1 saturated heterocycles. The maximum atomic E-state index is 2.56. The normalized spacial score (nSPS) is 19.7. The molecule has 1 aliphatic rings. The van der Waals surface area contributed by atoms with Gasteiger partial charge in [-0.25, -0.2) is 0 Å². The third kappa shape index (κ3) is 2.08. The second kappa shape index (κ2) is 4.06. The van der Waals surface area contributed by atoms with Crippen molar-refractivity contribution >= 4 is 11.3 Å². The summed E-state index contributed by atoms with van der Waals surface area (Å²) in [4.78, 5) is 4.08. The van der Waals surface area contributed by atoms with E-state index < -0.39 is 0 Å². The molecule has 66 valence electrons. The summed E-state index contributed by atoms with van der Waals surface area (Å²) in [6, 6.07) is 4.38. The maximum Gasteiger partial charge on any atom is 0.0327 e. The lowest BCUT2D eigenvalue weighted by atomic mass is 10.1. The second-order valence-corrected chi connectivity index (χ2v) is 4.45. The first-order valence-corrected chi connectivity index (χ1v) is 5.58. The quantitative estimate of drug-likeness (QED) is 0.678. The van der Waals surface area contributed by atoms with Gasteiger partial charge in [-0.15, -0.1) is 11.3 Å². The smallest absolute Gasteiger partial charge is 0.0327 e. The van der Waals surface area contributed by atoms with Gasteiger partial charge >= 0.3 is 0 Å². The van der Waals surface area contributed by atoms with E-state index in [4.69, 9.17) is 0 Å². The van der Waals surface area contributed by atoms with Crippen molar-refractivity contribution in [2.24, 2.45) is 0 Å². The number of hydrogen-bond donors (Lipinski definition) is 0. The van der Waals surface area contributed by atoms with Gasteiger partial charge in [0.2, 0.25) is 0 Å². The van der Waals surface area contributed by atoms with Crippen LogP contribution in [0.15, 0.2) is 17.5 Å². The minimum Gasteiger partial charge on any atom is -0.298 e. The number of likely N-dealkylation sites (tertiary alicyclic amines) is 1. The monoisotopic (exact) mass is 181 g/mol. The Labute approximate surface area is 78.0 Å². The highest BCUT2D eigenvalue weighted by atomic mass is 32.1. The minimum absolute atomic E-state index is 1.18. The van der Waals surface area contributed by atoms with Crippen LogP contribution in [-0.2, 0) is 6.54 Å². The van der Waals surface area contributed by atoms with Gasteiger partial charge in [-0.2, -0.15) is 0 Å². The number of piperidine rings is 1. The molecule has 2 heterocycles. The molecule has 0 unspecified atom stereocenters. The average Bonchev–Trinajstić information content (AvgIpc) is 2.59. The largest absolute Gasteiger partial charge is 0.298 e. The first-order chi connectivity index (χ1) is 5.95. The lowest BCUT2D eigenvalue weighted by Gasteiger charge is -2.25. The van der Waals surface area contributed by atoms with Crippen LogP contribution in [0.25, 0.3) is 0 Å². The number of rotatable bonds is 2. The molecule has 0 N–H and O–H groups in total. The van der Waals surface area contributed by atoms with Crippen LogP contribution in [0.3, 0.4) is 0 Å². The zero-order valence-electron chi connectivity index (χ0n) is 7.33. The fraction of sp³-hybridized carbons (Fsp3) is 0.600. The molecule has 0 spiro atoms. The van der Waals surface area contributed by atoms with Gasteiger partial charge in [0.15, 0.2) is 0 Å². The van der Waals surface area contributed by atoms with Crippen molar-refractivity contribution < 1.29 is 0 Å². The van der Waals surface area contributed by atoms with Crippen molar-refractivity contribution in [3.05, 3.63) is 22.4 Å². The summed E-state index contributed by atoms with van der Waals surface area (Å²) in [6.45, 7) is 3.79. The molecule has 1 aromatic heterocycles. The van der Waals surface area contributed by atoms with Gasteiger partial charge in [0, 0.05) is 11.4 Å². The molecular formula is C10H15NS. The van der Waals surface area contributed by atoms with Crippen molar-refractivity contribution in [3.8, 4) is 0 Å². The molecule has 0 bridgehead atoms. The van der Waals surface area contributed by atoms with Crippen LogP contribution >= 0.6 is 11.3 Å². The van der Waals surface area contributed by atoms with Crippen LogP contribution in [0.4, 0.5) is 0 Å². The molecule has 1 aliphatic heterocycles. The van der Waals surface area contributed by atoms with Crippen molar-refractivity contribution in [1.82, 2.24) is 4.90 Å². The summed E-state index contributed by atoms with van der Waals surface area (Å²) in [6.07, 6.45) is 4.22. The molecule has 12 heavy (non-hydrogen) atoms. The van der Waals surface area contributed by atoms with Crippen LogP contribution in [0.2, 0.25) is 0 Å². The highest BCUT2D eigenvalue weighted by Gasteiger charge is 2.09. The first-order valence-electron chi connectivity index (χ1n) is 4.70. The topological polar surface area (TPSA) is 3.24 Å². The Bertz CT molecular complexity index is 212. The van der Waals surface area contributed by atoms with Crippen LogP contribution < -0.4 is 0 Å². The van der Waals surface area contributed by atoms with E-state index in [-0.39, 0.29) is 0 Å². The Hall–Kier alpha value is -0.340. The maximum absolute atomic E-state index is 2.56. The van der Waals surface area contributed by atoms with Crippen LogP contribution in [0, 0.1) is 0 Å². The standard InChI is InChI=1S/C10H15NS/c1-2-6-11(7-3-1)9-10-5-4-8-12-10/h4-5,8H,1-3,6-7,9H2. The Morgan fingerprint density at radius 3 is 2.75 bits per heavy atom. The third-order valence-electron chi connectivity index (χ3n) is 2.41. The van der Waals surface area contributed by atoms with E-state index in [1.807, 2.05) is 11.3 Å². The van der Waals surface area contributed by atoms with Crippen LogP contribution in [0.1, 0.15) is 24.1 Å². The molecule has 0 aliphatic carbocycles. The molecule has 0 radical (unpaired) electrons. The van der Waals surface area contributed by atoms with Gasteiger partial charge in [0.25, 0.3) is 0 Å². The SMILES string of the molecule is c1csc(CN2CCCCC2)c1. The first kappa shape index (κ1) is 8.27. The minimum atomic E-state index is 1.18. The van der Waals surface area contributed by atoms with E-state index in [9.17, 15) is 0 Å². The van der Waals surface area contributed by atoms with Crippen molar-refractivity contribution in [2.45, 2.75) is 25.8 Å². The van der Waals surface area contributed by atoms with Gasteiger partial charge in [-0.1, -0.05) is 12.5 Å². The molecule has 0 saturated carbocycles. The van der Waals surface area contributed by atoms with Crippen LogP contribution in [-0.4, -0.2) is 18.0 Å².